The van der Waals surface area contributed by atoms with Gasteiger partial charge < -0.3 is 15.0 Å². The number of methoxy groups -OCH3 is 1. The Labute approximate surface area is 156 Å². The number of imidazole rings is 1. The van der Waals surface area contributed by atoms with Gasteiger partial charge in [-0.2, -0.15) is 5.10 Å². The van der Waals surface area contributed by atoms with Crippen molar-refractivity contribution in [3.63, 3.8) is 0 Å². The molecule has 7 heteroatoms. The second kappa shape index (κ2) is 6.26. The number of amides is 1. The zero-order chi connectivity index (χ0) is 18.4. The molecule has 1 aromatic carbocycles. The number of aromatic nitrogens is 4. The first-order valence-electron chi connectivity index (χ1n) is 9.30. The summed E-state index contributed by atoms with van der Waals surface area (Å²) in [6.45, 7) is 0.573. The summed E-state index contributed by atoms with van der Waals surface area (Å²) in [6.07, 6.45) is 3.88. The number of nitrogens with zero attached hydrogens (tertiary/aromatic N) is 2. The molecular weight excluding hydrogens is 342 g/mol. The van der Waals surface area contributed by atoms with Gasteiger partial charge in [-0.25, -0.2) is 4.98 Å². The largest absolute Gasteiger partial charge is 0.497 e. The van der Waals surface area contributed by atoms with E-state index in [2.05, 4.69) is 31.5 Å². The Morgan fingerprint density at radius 1 is 1.19 bits per heavy atom. The summed E-state index contributed by atoms with van der Waals surface area (Å²) >= 11 is 0. The number of H-pyrrole nitrogens is 2. The molecule has 0 fully saturated rings. The van der Waals surface area contributed by atoms with Crippen LogP contribution in [-0.4, -0.2) is 39.7 Å². The third kappa shape index (κ3) is 2.70. The predicted octanol–water partition coefficient (Wildman–Crippen LogP) is 2.37. The van der Waals surface area contributed by atoms with Crippen molar-refractivity contribution in [1.29, 1.82) is 0 Å². The molecule has 5 rings (SSSR count). The highest BCUT2D eigenvalue weighted by molar-refractivity contribution is 5.94. The van der Waals surface area contributed by atoms with Crippen molar-refractivity contribution in [2.24, 2.45) is 0 Å². The first kappa shape index (κ1) is 16.1. The van der Waals surface area contributed by atoms with Crippen LogP contribution in [0.5, 0.6) is 5.75 Å². The highest BCUT2D eigenvalue weighted by atomic mass is 16.5. The minimum atomic E-state index is -0.134. The third-order valence-corrected chi connectivity index (χ3v) is 5.55. The van der Waals surface area contributed by atoms with Crippen molar-refractivity contribution in [3.8, 4) is 17.3 Å². The Hall–Kier alpha value is -3.09. The molecule has 3 N–H and O–H groups in total. The van der Waals surface area contributed by atoms with E-state index in [0.717, 1.165) is 42.0 Å². The summed E-state index contributed by atoms with van der Waals surface area (Å²) in [7, 11) is 1.66. The van der Waals surface area contributed by atoms with Gasteiger partial charge in [0, 0.05) is 29.4 Å². The van der Waals surface area contributed by atoms with Crippen LogP contribution in [0.2, 0.25) is 0 Å². The first-order valence-corrected chi connectivity index (χ1v) is 9.30. The monoisotopic (exact) mass is 363 g/mol. The number of carbonyl (C=O) groups excluding carboxylic acids is 1. The minimum absolute atomic E-state index is 0.134. The summed E-state index contributed by atoms with van der Waals surface area (Å²) < 4.78 is 5.34. The highest BCUT2D eigenvalue weighted by Crippen LogP contribution is 2.31. The predicted molar refractivity (Wildman–Crippen MR) is 100.0 cm³/mol. The Balaban J connectivity index is 1.51. The van der Waals surface area contributed by atoms with E-state index in [4.69, 9.17) is 4.74 Å². The van der Waals surface area contributed by atoms with Crippen LogP contribution in [0.15, 0.2) is 24.3 Å². The second-order valence-corrected chi connectivity index (χ2v) is 7.18. The van der Waals surface area contributed by atoms with E-state index in [1.165, 1.54) is 11.3 Å². The number of rotatable bonds is 3. The molecule has 1 amide bonds. The maximum absolute atomic E-state index is 12.6. The normalized spacial score (nSPS) is 18.6. The number of benzene rings is 1. The number of hydrogen-bond acceptors (Lipinski definition) is 4. The third-order valence-electron chi connectivity index (χ3n) is 5.55. The zero-order valence-corrected chi connectivity index (χ0v) is 15.1. The number of carbonyl (C=O) groups is 1. The number of aryl methyl sites for hydroxylation is 1. The van der Waals surface area contributed by atoms with Gasteiger partial charge in [-0.15, -0.1) is 0 Å². The van der Waals surface area contributed by atoms with Crippen LogP contribution in [0.1, 0.15) is 45.3 Å². The standard InChI is InChI=1S/C20H21N5O2/c1-27-13-5-2-4-11(8-13)12-9-16-18(20(26)21-10-12)23-19(22-16)17-14-6-3-7-15(14)24-25-17/h2,4-5,8,12H,3,6-7,9-10H2,1H3,(H,21,26)(H,22,23)(H,24,25)/t12-/m0/s1. The maximum atomic E-state index is 12.6. The minimum Gasteiger partial charge on any atom is -0.497 e. The molecule has 7 nitrogen and oxygen atoms in total. The van der Waals surface area contributed by atoms with Gasteiger partial charge in [-0.05, 0) is 43.4 Å². The molecule has 0 unspecified atom stereocenters. The van der Waals surface area contributed by atoms with E-state index < -0.39 is 0 Å². The summed E-state index contributed by atoms with van der Waals surface area (Å²) in [6, 6.07) is 8.01. The van der Waals surface area contributed by atoms with Crippen molar-refractivity contribution in [1.82, 2.24) is 25.5 Å². The lowest BCUT2D eigenvalue weighted by molar-refractivity contribution is 0.0950. The van der Waals surface area contributed by atoms with Crippen LogP contribution in [0.3, 0.4) is 0 Å². The number of fused-ring (bicyclic) bond motifs is 2. The average molecular weight is 363 g/mol. The van der Waals surface area contributed by atoms with Gasteiger partial charge >= 0.3 is 0 Å². The molecule has 138 valence electrons. The zero-order valence-electron chi connectivity index (χ0n) is 15.1. The van der Waals surface area contributed by atoms with Crippen molar-refractivity contribution in [2.45, 2.75) is 31.6 Å². The number of nitrogens with one attached hydrogen (secondary N) is 3. The Kier molecular flexibility index (Phi) is 3.74. The van der Waals surface area contributed by atoms with Gasteiger partial charge in [-0.1, -0.05) is 12.1 Å². The lowest BCUT2D eigenvalue weighted by atomic mass is 9.94. The van der Waals surface area contributed by atoms with Gasteiger partial charge in [0.05, 0.1) is 7.11 Å². The average Bonchev–Trinajstić information content (AvgIpc) is 3.38. The summed E-state index contributed by atoms with van der Waals surface area (Å²) in [5.74, 6) is 1.52. The van der Waals surface area contributed by atoms with Gasteiger partial charge in [0.1, 0.15) is 17.1 Å². The molecule has 1 atom stereocenters. The van der Waals surface area contributed by atoms with E-state index >= 15 is 0 Å². The maximum Gasteiger partial charge on any atom is 0.271 e. The Morgan fingerprint density at radius 2 is 2.11 bits per heavy atom. The fraction of sp³-hybridized carbons (Fsp3) is 0.350. The summed E-state index contributed by atoms with van der Waals surface area (Å²) in [4.78, 5) is 20.6. The summed E-state index contributed by atoms with van der Waals surface area (Å²) in [5.41, 5.74) is 5.74. The molecule has 3 heterocycles. The van der Waals surface area contributed by atoms with E-state index in [0.29, 0.717) is 24.5 Å². The molecule has 2 aromatic heterocycles. The summed E-state index contributed by atoms with van der Waals surface area (Å²) in [5, 5.41) is 10.6. The molecule has 0 spiro atoms. The van der Waals surface area contributed by atoms with Crippen molar-refractivity contribution >= 4 is 5.91 Å². The molecule has 1 aliphatic carbocycles. The Bertz CT molecular complexity index is 1020. The van der Waals surface area contributed by atoms with Crippen LogP contribution in [0, 0.1) is 0 Å². The van der Waals surface area contributed by atoms with Gasteiger partial charge in [0.15, 0.2) is 5.82 Å². The van der Waals surface area contributed by atoms with Crippen molar-refractivity contribution in [2.75, 3.05) is 13.7 Å². The molecule has 0 bridgehead atoms. The molecule has 0 saturated carbocycles. The molecule has 0 saturated heterocycles. The topological polar surface area (TPSA) is 95.7 Å². The quantitative estimate of drug-likeness (QED) is 0.666. The van der Waals surface area contributed by atoms with Crippen molar-refractivity contribution in [3.05, 3.63) is 52.5 Å². The molecule has 0 radical (unpaired) electrons. The number of ether oxygens (including phenoxy) is 1. The smallest absolute Gasteiger partial charge is 0.271 e. The molecule has 2 aliphatic rings. The van der Waals surface area contributed by atoms with Crippen LogP contribution < -0.4 is 10.1 Å². The number of hydrogen-bond donors (Lipinski definition) is 3. The molecule has 3 aromatic rings. The van der Waals surface area contributed by atoms with Crippen LogP contribution in [-0.2, 0) is 19.3 Å². The van der Waals surface area contributed by atoms with Crippen LogP contribution in [0.25, 0.3) is 11.5 Å². The number of aromatic amines is 2. The van der Waals surface area contributed by atoms with E-state index in [-0.39, 0.29) is 11.8 Å². The highest BCUT2D eigenvalue weighted by Gasteiger charge is 2.29. The van der Waals surface area contributed by atoms with Gasteiger partial charge in [0.25, 0.3) is 5.91 Å². The van der Waals surface area contributed by atoms with Crippen molar-refractivity contribution < 1.29 is 9.53 Å². The van der Waals surface area contributed by atoms with Gasteiger partial charge in [0.2, 0.25) is 0 Å². The molecular formula is C20H21N5O2. The van der Waals surface area contributed by atoms with Gasteiger partial charge in [-0.3, -0.25) is 9.89 Å². The van der Waals surface area contributed by atoms with Crippen LogP contribution >= 0.6 is 0 Å². The van der Waals surface area contributed by atoms with E-state index in [9.17, 15) is 4.79 Å². The van der Waals surface area contributed by atoms with E-state index in [1.807, 2.05) is 18.2 Å². The SMILES string of the molecule is COc1cccc([C@@H]2CNC(=O)c3nc(-c4n[nH]c5c4CCC5)[nH]c3C2)c1. The molecule has 1 aliphatic heterocycles. The molecule has 27 heavy (non-hydrogen) atoms. The lowest BCUT2D eigenvalue weighted by Crippen LogP contribution is -2.26. The fourth-order valence-corrected chi connectivity index (χ4v) is 4.12. The Morgan fingerprint density at radius 3 is 3.00 bits per heavy atom. The lowest BCUT2D eigenvalue weighted by Gasteiger charge is -2.15. The second-order valence-electron chi connectivity index (χ2n) is 7.18. The first-order chi connectivity index (χ1) is 13.2. The van der Waals surface area contributed by atoms with E-state index in [1.54, 1.807) is 7.11 Å². The van der Waals surface area contributed by atoms with Crippen LogP contribution in [0.4, 0.5) is 0 Å². The fourth-order valence-electron chi connectivity index (χ4n) is 4.12.